The normalized spacial score (nSPS) is 16.5. The first-order chi connectivity index (χ1) is 10.0. The maximum atomic E-state index is 12.3. The molecule has 3 nitrogen and oxygen atoms in total. The van der Waals surface area contributed by atoms with Crippen LogP contribution in [0.5, 0.6) is 0 Å². The van der Waals surface area contributed by atoms with Crippen molar-refractivity contribution in [2.45, 2.75) is 58.7 Å². The molecule has 116 valence electrons. The maximum absolute atomic E-state index is 12.3. The molecule has 0 aromatic heterocycles. The number of amides is 1. The van der Waals surface area contributed by atoms with Crippen LogP contribution >= 0.6 is 0 Å². The third-order valence-electron chi connectivity index (χ3n) is 3.97. The molecule has 1 saturated heterocycles. The number of hydrogen-bond acceptors (Lipinski definition) is 2. The largest absolute Gasteiger partial charge is 0.375 e. The van der Waals surface area contributed by atoms with E-state index in [-0.39, 0.29) is 12.0 Å². The molecular formula is C18H27NO2. The third kappa shape index (κ3) is 5.16. The number of piperidine rings is 1. The van der Waals surface area contributed by atoms with Gasteiger partial charge in [-0.25, -0.2) is 0 Å². The Morgan fingerprint density at radius 3 is 2.67 bits per heavy atom. The fraction of sp³-hybridized carbons (Fsp3) is 0.611. The van der Waals surface area contributed by atoms with Gasteiger partial charge < -0.3 is 9.64 Å². The molecule has 3 heteroatoms. The number of benzene rings is 1. The topological polar surface area (TPSA) is 29.5 Å². The van der Waals surface area contributed by atoms with Gasteiger partial charge in [0, 0.05) is 19.5 Å². The summed E-state index contributed by atoms with van der Waals surface area (Å²) in [6.07, 6.45) is 3.98. The highest BCUT2D eigenvalue weighted by Gasteiger charge is 2.23. The molecule has 0 aliphatic carbocycles. The van der Waals surface area contributed by atoms with Gasteiger partial charge in [-0.2, -0.15) is 0 Å². The lowest BCUT2D eigenvalue weighted by molar-refractivity contribution is -0.134. The minimum absolute atomic E-state index is 0.276. The van der Waals surface area contributed by atoms with Crippen LogP contribution in [-0.2, 0) is 16.0 Å². The van der Waals surface area contributed by atoms with Crippen molar-refractivity contribution in [1.29, 1.82) is 0 Å². The van der Waals surface area contributed by atoms with E-state index in [4.69, 9.17) is 4.74 Å². The van der Waals surface area contributed by atoms with E-state index in [9.17, 15) is 4.79 Å². The standard InChI is InChI=1S/C18H27NO2/c1-14(2)21-17-9-11-19(12-10-17)18(20)8-7-16-6-4-5-15(3)13-16/h4-6,13-14,17H,7-12H2,1-3H3. The Kier molecular flexibility index (Phi) is 5.80. The van der Waals surface area contributed by atoms with Crippen LogP contribution in [0, 0.1) is 6.92 Å². The van der Waals surface area contributed by atoms with Crippen molar-refractivity contribution >= 4 is 5.91 Å². The monoisotopic (exact) mass is 289 g/mol. The average Bonchev–Trinajstić information content (AvgIpc) is 2.45. The second-order valence-electron chi connectivity index (χ2n) is 6.25. The molecule has 2 rings (SSSR count). The Bertz CT molecular complexity index is 462. The number of aryl methyl sites for hydroxylation is 2. The molecule has 0 bridgehead atoms. The molecule has 1 aliphatic heterocycles. The Balaban J connectivity index is 1.75. The number of likely N-dealkylation sites (tertiary alicyclic amines) is 1. The van der Waals surface area contributed by atoms with Crippen molar-refractivity contribution in [3.05, 3.63) is 35.4 Å². The summed E-state index contributed by atoms with van der Waals surface area (Å²) in [7, 11) is 0. The summed E-state index contributed by atoms with van der Waals surface area (Å²) in [6, 6.07) is 8.41. The molecular weight excluding hydrogens is 262 g/mol. The molecule has 1 heterocycles. The van der Waals surface area contributed by atoms with E-state index >= 15 is 0 Å². The molecule has 1 aromatic rings. The van der Waals surface area contributed by atoms with Crippen LogP contribution in [0.2, 0.25) is 0 Å². The molecule has 21 heavy (non-hydrogen) atoms. The zero-order chi connectivity index (χ0) is 15.2. The molecule has 0 unspecified atom stereocenters. The number of nitrogens with zero attached hydrogens (tertiary/aromatic N) is 1. The van der Waals surface area contributed by atoms with Gasteiger partial charge in [-0.15, -0.1) is 0 Å². The highest BCUT2D eigenvalue weighted by molar-refractivity contribution is 5.76. The lowest BCUT2D eigenvalue weighted by atomic mass is 10.0. The predicted molar refractivity (Wildman–Crippen MR) is 85.3 cm³/mol. The first kappa shape index (κ1) is 16.0. The number of rotatable bonds is 5. The van der Waals surface area contributed by atoms with Crippen LogP contribution in [-0.4, -0.2) is 36.1 Å². The SMILES string of the molecule is Cc1cccc(CCC(=O)N2CCC(OC(C)C)CC2)c1. The fourth-order valence-corrected chi connectivity index (χ4v) is 2.90. The van der Waals surface area contributed by atoms with Crippen LogP contribution in [0.15, 0.2) is 24.3 Å². The second-order valence-corrected chi connectivity index (χ2v) is 6.25. The van der Waals surface area contributed by atoms with Gasteiger partial charge in [0.1, 0.15) is 0 Å². The van der Waals surface area contributed by atoms with Gasteiger partial charge in [-0.1, -0.05) is 29.8 Å². The van der Waals surface area contributed by atoms with Gasteiger partial charge in [0.2, 0.25) is 5.91 Å². The van der Waals surface area contributed by atoms with Gasteiger partial charge in [-0.3, -0.25) is 4.79 Å². The van der Waals surface area contributed by atoms with Crippen molar-refractivity contribution in [2.75, 3.05) is 13.1 Å². The van der Waals surface area contributed by atoms with E-state index in [0.29, 0.717) is 12.5 Å². The lowest BCUT2D eigenvalue weighted by Crippen LogP contribution is -2.41. The Labute approximate surface area is 128 Å². The van der Waals surface area contributed by atoms with Crippen molar-refractivity contribution in [1.82, 2.24) is 4.90 Å². The molecule has 1 aromatic carbocycles. The van der Waals surface area contributed by atoms with E-state index in [2.05, 4.69) is 45.0 Å². The highest BCUT2D eigenvalue weighted by atomic mass is 16.5. The number of ether oxygens (including phenoxy) is 1. The molecule has 0 spiro atoms. The zero-order valence-corrected chi connectivity index (χ0v) is 13.5. The lowest BCUT2D eigenvalue weighted by Gasteiger charge is -2.33. The van der Waals surface area contributed by atoms with Crippen LogP contribution in [0.25, 0.3) is 0 Å². The minimum atomic E-state index is 0.276. The van der Waals surface area contributed by atoms with E-state index in [1.54, 1.807) is 0 Å². The third-order valence-corrected chi connectivity index (χ3v) is 3.97. The summed E-state index contributed by atoms with van der Waals surface area (Å²) in [5.74, 6) is 0.277. The van der Waals surface area contributed by atoms with Gasteiger partial charge in [-0.05, 0) is 45.6 Å². The van der Waals surface area contributed by atoms with E-state index in [0.717, 1.165) is 32.4 Å². The van der Waals surface area contributed by atoms with E-state index in [1.807, 2.05) is 4.90 Å². The number of carbonyl (C=O) groups is 1. The van der Waals surface area contributed by atoms with Crippen molar-refractivity contribution < 1.29 is 9.53 Å². The van der Waals surface area contributed by atoms with Crippen LogP contribution < -0.4 is 0 Å². The number of carbonyl (C=O) groups excluding carboxylic acids is 1. The summed E-state index contributed by atoms with van der Waals surface area (Å²) in [5, 5.41) is 0. The maximum Gasteiger partial charge on any atom is 0.222 e. The Morgan fingerprint density at radius 2 is 2.05 bits per heavy atom. The van der Waals surface area contributed by atoms with Gasteiger partial charge in [0.15, 0.2) is 0 Å². The summed E-state index contributed by atoms with van der Waals surface area (Å²) < 4.78 is 5.82. The molecule has 0 N–H and O–H groups in total. The first-order valence-corrected chi connectivity index (χ1v) is 8.03. The predicted octanol–water partition coefficient (Wildman–Crippen LogP) is 3.34. The van der Waals surface area contributed by atoms with Crippen LogP contribution in [0.3, 0.4) is 0 Å². The molecule has 1 aliphatic rings. The smallest absolute Gasteiger partial charge is 0.222 e. The summed E-state index contributed by atoms with van der Waals surface area (Å²) in [5.41, 5.74) is 2.51. The molecule has 0 saturated carbocycles. The van der Waals surface area contributed by atoms with Crippen LogP contribution in [0.4, 0.5) is 0 Å². The highest BCUT2D eigenvalue weighted by Crippen LogP contribution is 2.17. The number of hydrogen-bond donors (Lipinski definition) is 0. The van der Waals surface area contributed by atoms with Crippen molar-refractivity contribution in [2.24, 2.45) is 0 Å². The first-order valence-electron chi connectivity index (χ1n) is 8.03. The molecule has 1 amide bonds. The van der Waals surface area contributed by atoms with E-state index < -0.39 is 0 Å². The Hall–Kier alpha value is -1.35. The van der Waals surface area contributed by atoms with Gasteiger partial charge in [0.25, 0.3) is 0 Å². The van der Waals surface area contributed by atoms with Gasteiger partial charge in [0.05, 0.1) is 12.2 Å². The van der Waals surface area contributed by atoms with Crippen molar-refractivity contribution in [3.8, 4) is 0 Å². The minimum Gasteiger partial charge on any atom is -0.375 e. The van der Waals surface area contributed by atoms with Crippen molar-refractivity contribution in [3.63, 3.8) is 0 Å². The fourth-order valence-electron chi connectivity index (χ4n) is 2.90. The molecule has 0 radical (unpaired) electrons. The van der Waals surface area contributed by atoms with E-state index in [1.165, 1.54) is 11.1 Å². The summed E-state index contributed by atoms with van der Waals surface area (Å²) >= 11 is 0. The molecule has 1 fully saturated rings. The molecule has 0 atom stereocenters. The zero-order valence-electron chi connectivity index (χ0n) is 13.5. The Morgan fingerprint density at radius 1 is 1.33 bits per heavy atom. The summed E-state index contributed by atoms with van der Waals surface area (Å²) in [6.45, 7) is 7.90. The van der Waals surface area contributed by atoms with Crippen LogP contribution in [0.1, 0.15) is 44.2 Å². The quantitative estimate of drug-likeness (QED) is 0.832. The summed E-state index contributed by atoms with van der Waals surface area (Å²) in [4.78, 5) is 14.3. The second kappa shape index (κ2) is 7.60. The average molecular weight is 289 g/mol. The van der Waals surface area contributed by atoms with Gasteiger partial charge >= 0.3 is 0 Å².